The van der Waals surface area contributed by atoms with Crippen molar-refractivity contribution in [1.82, 2.24) is 4.57 Å². The van der Waals surface area contributed by atoms with E-state index in [1.807, 2.05) is 71.8 Å². The van der Waals surface area contributed by atoms with Gasteiger partial charge in [-0.1, -0.05) is 60.7 Å². The fourth-order valence-corrected chi connectivity index (χ4v) is 2.41. The van der Waals surface area contributed by atoms with Gasteiger partial charge in [-0.25, -0.2) is 9.13 Å². The van der Waals surface area contributed by atoms with E-state index in [9.17, 15) is 5.11 Å². The fraction of sp³-hybridized carbons (Fsp3) is 0.167. The molecule has 0 bridgehead atoms. The van der Waals surface area contributed by atoms with Crippen LogP contribution in [0.3, 0.4) is 0 Å². The van der Waals surface area contributed by atoms with Crippen molar-refractivity contribution < 1.29 is 9.67 Å². The number of aliphatic hydroxyl groups is 1. The van der Waals surface area contributed by atoms with Crippen molar-refractivity contribution in [1.29, 1.82) is 0 Å². The first-order valence-corrected chi connectivity index (χ1v) is 7.13. The molecule has 0 amide bonds. The summed E-state index contributed by atoms with van der Waals surface area (Å²) >= 11 is 0. The van der Waals surface area contributed by atoms with Crippen LogP contribution in [0.4, 0.5) is 0 Å². The first-order chi connectivity index (χ1) is 10.3. The molecule has 1 unspecified atom stereocenters. The van der Waals surface area contributed by atoms with Crippen LogP contribution in [0.1, 0.15) is 17.2 Å². The summed E-state index contributed by atoms with van der Waals surface area (Å²) < 4.78 is 4.13. The molecule has 1 aromatic heterocycles. The highest BCUT2D eigenvalue weighted by Gasteiger charge is 2.12. The molecule has 106 valence electrons. The third-order valence-corrected chi connectivity index (χ3v) is 3.52. The molecule has 1 N–H and O–H groups in total. The molecule has 0 aliphatic rings. The van der Waals surface area contributed by atoms with E-state index >= 15 is 0 Å². The second kappa shape index (κ2) is 6.37. The van der Waals surface area contributed by atoms with E-state index in [4.69, 9.17) is 0 Å². The predicted molar refractivity (Wildman–Crippen MR) is 81.6 cm³/mol. The van der Waals surface area contributed by atoms with Crippen molar-refractivity contribution in [3.05, 3.63) is 90.5 Å². The maximum atomic E-state index is 10.2. The molecule has 0 saturated heterocycles. The summed E-state index contributed by atoms with van der Waals surface area (Å²) in [5, 5.41) is 10.2. The molecule has 0 radical (unpaired) electrons. The van der Waals surface area contributed by atoms with Gasteiger partial charge in [0.15, 0.2) is 0 Å². The highest BCUT2D eigenvalue weighted by molar-refractivity contribution is 5.17. The van der Waals surface area contributed by atoms with E-state index in [2.05, 4.69) is 16.7 Å². The SMILES string of the molecule is OC(Cn1cc[n+](Cc2ccccc2)c1)c1ccccc1. The van der Waals surface area contributed by atoms with E-state index in [1.165, 1.54) is 5.56 Å². The molecule has 3 heteroatoms. The van der Waals surface area contributed by atoms with Crippen molar-refractivity contribution in [2.45, 2.75) is 19.2 Å². The number of aliphatic hydroxyl groups excluding tert-OH is 1. The number of benzene rings is 2. The molecule has 1 atom stereocenters. The van der Waals surface area contributed by atoms with Gasteiger partial charge in [0.25, 0.3) is 0 Å². The van der Waals surface area contributed by atoms with Crippen molar-refractivity contribution in [3.63, 3.8) is 0 Å². The lowest BCUT2D eigenvalue weighted by atomic mass is 10.1. The monoisotopic (exact) mass is 279 g/mol. The van der Waals surface area contributed by atoms with E-state index in [-0.39, 0.29) is 0 Å². The van der Waals surface area contributed by atoms with Gasteiger partial charge >= 0.3 is 0 Å². The standard InChI is InChI=1S/C18H19N2O/c21-18(17-9-5-2-6-10-17)14-20-12-11-19(15-20)13-16-7-3-1-4-8-16/h1-12,15,18,21H,13-14H2/q+1. The molecule has 0 spiro atoms. The zero-order valence-electron chi connectivity index (χ0n) is 11.8. The Bertz CT molecular complexity index is 677. The number of imidazole rings is 1. The Morgan fingerprint density at radius 1 is 0.952 bits per heavy atom. The van der Waals surface area contributed by atoms with Gasteiger partial charge in [0.2, 0.25) is 6.33 Å². The summed E-state index contributed by atoms with van der Waals surface area (Å²) in [7, 11) is 0. The molecular formula is C18H19N2O+. The Kier molecular flexibility index (Phi) is 4.12. The average Bonchev–Trinajstić information content (AvgIpc) is 2.96. The summed E-state index contributed by atoms with van der Waals surface area (Å²) in [6, 6.07) is 20.1. The number of hydrogen-bond acceptors (Lipinski definition) is 1. The molecule has 1 heterocycles. The van der Waals surface area contributed by atoms with E-state index in [1.54, 1.807) is 0 Å². The van der Waals surface area contributed by atoms with Crippen LogP contribution >= 0.6 is 0 Å². The zero-order valence-corrected chi connectivity index (χ0v) is 11.8. The van der Waals surface area contributed by atoms with Gasteiger partial charge in [0.05, 0.1) is 0 Å². The van der Waals surface area contributed by atoms with Gasteiger partial charge in [-0.2, -0.15) is 0 Å². The van der Waals surface area contributed by atoms with Crippen molar-refractivity contribution in [2.75, 3.05) is 0 Å². The second-order valence-corrected chi connectivity index (χ2v) is 5.19. The van der Waals surface area contributed by atoms with Gasteiger partial charge < -0.3 is 5.11 Å². The van der Waals surface area contributed by atoms with Crippen LogP contribution in [0, 0.1) is 0 Å². The summed E-state index contributed by atoms with van der Waals surface area (Å²) in [4.78, 5) is 0. The largest absolute Gasteiger partial charge is 0.384 e. The Labute approximate surface area is 124 Å². The van der Waals surface area contributed by atoms with Crippen LogP contribution in [0.15, 0.2) is 79.4 Å². The van der Waals surface area contributed by atoms with E-state index in [0.717, 1.165) is 12.1 Å². The van der Waals surface area contributed by atoms with Crippen LogP contribution in [0.5, 0.6) is 0 Å². The Hall–Kier alpha value is -2.39. The number of hydrogen-bond donors (Lipinski definition) is 1. The minimum Gasteiger partial charge on any atom is -0.384 e. The van der Waals surface area contributed by atoms with Crippen LogP contribution in [0.2, 0.25) is 0 Å². The van der Waals surface area contributed by atoms with Crippen molar-refractivity contribution >= 4 is 0 Å². The normalized spacial score (nSPS) is 12.2. The maximum absolute atomic E-state index is 10.2. The van der Waals surface area contributed by atoms with Crippen LogP contribution < -0.4 is 4.57 Å². The van der Waals surface area contributed by atoms with Gasteiger partial charge in [-0.05, 0) is 11.1 Å². The van der Waals surface area contributed by atoms with E-state index in [0.29, 0.717) is 6.54 Å². The molecular weight excluding hydrogens is 260 g/mol. The quantitative estimate of drug-likeness (QED) is 0.715. The molecule has 0 saturated carbocycles. The number of aromatic nitrogens is 2. The molecule has 21 heavy (non-hydrogen) atoms. The summed E-state index contributed by atoms with van der Waals surface area (Å²) in [6.45, 7) is 1.40. The zero-order chi connectivity index (χ0) is 14.5. The average molecular weight is 279 g/mol. The summed E-state index contributed by atoms with van der Waals surface area (Å²) in [5.74, 6) is 0. The van der Waals surface area contributed by atoms with Crippen LogP contribution in [-0.2, 0) is 13.1 Å². The van der Waals surface area contributed by atoms with E-state index < -0.39 is 6.10 Å². The lowest BCUT2D eigenvalue weighted by Gasteiger charge is -2.07. The smallest absolute Gasteiger partial charge is 0.244 e. The maximum Gasteiger partial charge on any atom is 0.244 e. The summed E-state index contributed by atoms with van der Waals surface area (Å²) in [6.07, 6.45) is 5.57. The molecule has 0 aliphatic heterocycles. The predicted octanol–water partition coefficient (Wildman–Crippen LogP) is 2.56. The minimum atomic E-state index is -0.483. The third kappa shape index (κ3) is 3.58. The van der Waals surface area contributed by atoms with Gasteiger partial charge in [-0.3, -0.25) is 0 Å². The van der Waals surface area contributed by atoms with Crippen molar-refractivity contribution in [2.24, 2.45) is 0 Å². The summed E-state index contributed by atoms with van der Waals surface area (Å²) in [5.41, 5.74) is 2.21. The lowest BCUT2D eigenvalue weighted by Crippen LogP contribution is -2.31. The fourth-order valence-electron chi connectivity index (χ4n) is 2.41. The number of rotatable bonds is 5. The molecule has 2 aromatic carbocycles. The minimum absolute atomic E-state index is 0.483. The Morgan fingerprint density at radius 2 is 1.62 bits per heavy atom. The molecule has 0 aliphatic carbocycles. The molecule has 3 rings (SSSR count). The third-order valence-electron chi connectivity index (χ3n) is 3.52. The van der Waals surface area contributed by atoms with Crippen LogP contribution in [0.25, 0.3) is 0 Å². The molecule has 3 aromatic rings. The van der Waals surface area contributed by atoms with Gasteiger partial charge in [0, 0.05) is 0 Å². The van der Waals surface area contributed by atoms with Gasteiger partial charge in [-0.15, -0.1) is 0 Å². The highest BCUT2D eigenvalue weighted by atomic mass is 16.3. The topological polar surface area (TPSA) is 29.0 Å². The number of nitrogens with zero attached hydrogens (tertiary/aromatic N) is 2. The molecule has 0 fully saturated rings. The van der Waals surface area contributed by atoms with Crippen molar-refractivity contribution in [3.8, 4) is 0 Å². The first kappa shape index (κ1) is 13.6. The second-order valence-electron chi connectivity index (χ2n) is 5.19. The Balaban J connectivity index is 1.65. The molecule has 3 nitrogen and oxygen atoms in total. The highest BCUT2D eigenvalue weighted by Crippen LogP contribution is 2.13. The Morgan fingerprint density at radius 3 is 2.33 bits per heavy atom. The lowest BCUT2D eigenvalue weighted by molar-refractivity contribution is -0.687. The van der Waals surface area contributed by atoms with Crippen LogP contribution in [-0.4, -0.2) is 9.67 Å². The van der Waals surface area contributed by atoms with Gasteiger partial charge in [0.1, 0.15) is 31.6 Å². The first-order valence-electron chi connectivity index (χ1n) is 7.13.